The predicted octanol–water partition coefficient (Wildman–Crippen LogP) is 2.16. The highest BCUT2D eigenvalue weighted by Crippen LogP contribution is 2.41. The molecule has 2 unspecified atom stereocenters. The summed E-state index contributed by atoms with van der Waals surface area (Å²) in [5.41, 5.74) is 1.05. The second kappa shape index (κ2) is 5.59. The molecule has 2 N–H and O–H groups in total. The quantitative estimate of drug-likeness (QED) is 0.868. The van der Waals surface area contributed by atoms with Crippen molar-refractivity contribution in [3.63, 3.8) is 0 Å². The predicted molar refractivity (Wildman–Crippen MR) is 76.1 cm³/mol. The zero-order chi connectivity index (χ0) is 13.2. The van der Waals surface area contributed by atoms with Gasteiger partial charge in [0.2, 0.25) is 5.91 Å². The highest BCUT2D eigenvalue weighted by atomic mass is 32.1. The van der Waals surface area contributed by atoms with Gasteiger partial charge in [0.1, 0.15) is 5.01 Å². The van der Waals surface area contributed by atoms with Crippen LogP contribution in [-0.2, 0) is 4.79 Å². The van der Waals surface area contributed by atoms with E-state index in [1.807, 2.05) is 6.92 Å². The van der Waals surface area contributed by atoms with Gasteiger partial charge in [-0.05, 0) is 45.1 Å². The summed E-state index contributed by atoms with van der Waals surface area (Å²) in [6.07, 6.45) is 5.34. The second-order valence-electron chi connectivity index (χ2n) is 5.71. The first-order valence-electron chi connectivity index (χ1n) is 7.17. The van der Waals surface area contributed by atoms with E-state index < -0.39 is 0 Å². The molecule has 2 heterocycles. The molecule has 0 radical (unpaired) electrons. The zero-order valence-corrected chi connectivity index (χ0v) is 12.1. The standard InChI is InChI=1S/C14H21N3OS/c1-9-8-19-14(16-9)13(10-4-5-10)17-12(18)7-11-3-2-6-15-11/h8,10-11,13,15H,2-7H2,1H3,(H,17,18). The minimum Gasteiger partial charge on any atom is -0.347 e. The van der Waals surface area contributed by atoms with Crippen LogP contribution in [-0.4, -0.2) is 23.5 Å². The summed E-state index contributed by atoms with van der Waals surface area (Å²) >= 11 is 1.67. The van der Waals surface area contributed by atoms with Gasteiger partial charge in [0, 0.05) is 23.5 Å². The number of thiazole rings is 1. The Hall–Kier alpha value is -0.940. The summed E-state index contributed by atoms with van der Waals surface area (Å²) in [7, 11) is 0. The fourth-order valence-electron chi connectivity index (χ4n) is 2.71. The monoisotopic (exact) mass is 279 g/mol. The Bertz CT molecular complexity index is 449. The van der Waals surface area contributed by atoms with Crippen LogP contribution in [0, 0.1) is 12.8 Å². The Morgan fingerprint density at radius 2 is 2.42 bits per heavy atom. The molecular formula is C14H21N3OS. The number of hydrogen-bond donors (Lipinski definition) is 2. The number of aromatic nitrogens is 1. The molecule has 2 fully saturated rings. The maximum Gasteiger partial charge on any atom is 0.222 e. The molecule has 1 amide bonds. The van der Waals surface area contributed by atoms with E-state index in [-0.39, 0.29) is 11.9 Å². The Morgan fingerprint density at radius 3 is 3.00 bits per heavy atom. The lowest BCUT2D eigenvalue weighted by Gasteiger charge is -2.17. The van der Waals surface area contributed by atoms with Crippen LogP contribution in [0.5, 0.6) is 0 Å². The summed E-state index contributed by atoms with van der Waals surface area (Å²) in [6, 6.07) is 0.519. The average Bonchev–Trinajstić information content (AvgIpc) is 2.93. The molecule has 0 aromatic carbocycles. The molecule has 1 aromatic heterocycles. The summed E-state index contributed by atoms with van der Waals surface area (Å²) in [5.74, 6) is 0.773. The highest BCUT2D eigenvalue weighted by molar-refractivity contribution is 7.09. The molecule has 0 spiro atoms. The summed E-state index contributed by atoms with van der Waals surface area (Å²) in [4.78, 5) is 16.7. The highest BCUT2D eigenvalue weighted by Gasteiger charge is 2.35. The number of amides is 1. The molecule has 2 atom stereocenters. The summed E-state index contributed by atoms with van der Waals surface area (Å²) in [5, 5.41) is 9.72. The van der Waals surface area contributed by atoms with Gasteiger partial charge >= 0.3 is 0 Å². The van der Waals surface area contributed by atoms with Gasteiger partial charge in [0.25, 0.3) is 0 Å². The molecule has 3 rings (SSSR count). The lowest BCUT2D eigenvalue weighted by Crippen LogP contribution is -2.35. The van der Waals surface area contributed by atoms with E-state index in [2.05, 4.69) is 21.0 Å². The van der Waals surface area contributed by atoms with E-state index in [0.717, 1.165) is 23.7 Å². The third-order valence-corrected chi connectivity index (χ3v) is 4.95. The SMILES string of the molecule is Cc1csc(C(NC(=O)CC2CCCN2)C2CC2)n1. The van der Waals surface area contributed by atoms with Gasteiger partial charge < -0.3 is 10.6 Å². The van der Waals surface area contributed by atoms with Crippen molar-refractivity contribution in [3.8, 4) is 0 Å². The van der Waals surface area contributed by atoms with Crippen molar-refractivity contribution >= 4 is 17.2 Å². The van der Waals surface area contributed by atoms with Gasteiger partial charge in [-0.15, -0.1) is 11.3 Å². The number of nitrogens with zero attached hydrogens (tertiary/aromatic N) is 1. The molecule has 1 aliphatic carbocycles. The molecule has 0 bridgehead atoms. The maximum atomic E-state index is 12.1. The summed E-state index contributed by atoms with van der Waals surface area (Å²) in [6.45, 7) is 3.06. The van der Waals surface area contributed by atoms with Crippen LogP contribution < -0.4 is 10.6 Å². The first kappa shape index (κ1) is 13.1. The topological polar surface area (TPSA) is 54.0 Å². The Balaban J connectivity index is 1.59. The first-order valence-corrected chi connectivity index (χ1v) is 8.05. The lowest BCUT2D eigenvalue weighted by molar-refractivity contribution is -0.122. The van der Waals surface area contributed by atoms with Crippen LogP contribution in [0.4, 0.5) is 0 Å². The molecular weight excluding hydrogens is 258 g/mol. The van der Waals surface area contributed by atoms with E-state index in [1.165, 1.54) is 19.3 Å². The van der Waals surface area contributed by atoms with Crippen LogP contribution in [0.2, 0.25) is 0 Å². The first-order chi connectivity index (χ1) is 9.22. The van der Waals surface area contributed by atoms with Crippen molar-refractivity contribution in [2.24, 2.45) is 5.92 Å². The van der Waals surface area contributed by atoms with E-state index in [1.54, 1.807) is 11.3 Å². The van der Waals surface area contributed by atoms with Crippen molar-refractivity contribution in [1.82, 2.24) is 15.6 Å². The maximum absolute atomic E-state index is 12.1. The molecule has 1 saturated heterocycles. The van der Waals surface area contributed by atoms with E-state index in [9.17, 15) is 4.79 Å². The van der Waals surface area contributed by atoms with Crippen molar-refractivity contribution in [2.75, 3.05) is 6.54 Å². The normalized spacial score (nSPS) is 24.4. The van der Waals surface area contributed by atoms with Crippen LogP contribution in [0.3, 0.4) is 0 Å². The average molecular weight is 279 g/mol. The lowest BCUT2D eigenvalue weighted by atomic mass is 10.1. The Labute approximate surface area is 118 Å². The minimum atomic E-state index is 0.146. The van der Waals surface area contributed by atoms with Crippen molar-refractivity contribution < 1.29 is 4.79 Å². The van der Waals surface area contributed by atoms with Crippen molar-refractivity contribution in [1.29, 1.82) is 0 Å². The molecule has 4 nitrogen and oxygen atoms in total. The number of hydrogen-bond acceptors (Lipinski definition) is 4. The number of carbonyl (C=O) groups is 1. The number of aryl methyl sites for hydroxylation is 1. The Kier molecular flexibility index (Phi) is 3.84. The van der Waals surface area contributed by atoms with E-state index in [4.69, 9.17) is 0 Å². The van der Waals surface area contributed by atoms with E-state index >= 15 is 0 Å². The number of rotatable bonds is 5. The van der Waals surface area contributed by atoms with Crippen LogP contribution in [0.1, 0.15) is 48.8 Å². The van der Waals surface area contributed by atoms with Crippen molar-refractivity contribution in [2.45, 2.75) is 51.1 Å². The van der Waals surface area contributed by atoms with Gasteiger partial charge in [-0.1, -0.05) is 0 Å². The molecule has 1 saturated carbocycles. The number of nitrogens with one attached hydrogen (secondary N) is 2. The van der Waals surface area contributed by atoms with Crippen LogP contribution in [0.25, 0.3) is 0 Å². The van der Waals surface area contributed by atoms with Gasteiger partial charge in [-0.3, -0.25) is 4.79 Å². The fraction of sp³-hybridized carbons (Fsp3) is 0.714. The van der Waals surface area contributed by atoms with Crippen LogP contribution >= 0.6 is 11.3 Å². The van der Waals surface area contributed by atoms with Gasteiger partial charge in [0.15, 0.2) is 0 Å². The third-order valence-electron chi connectivity index (χ3n) is 3.91. The van der Waals surface area contributed by atoms with E-state index in [0.29, 0.717) is 18.4 Å². The van der Waals surface area contributed by atoms with Gasteiger partial charge in [-0.2, -0.15) is 0 Å². The molecule has 1 aliphatic heterocycles. The molecule has 19 heavy (non-hydrogen) atoms. The number of carbonyl (C=O) groups excluding carboxylic acids is 1. The van der Waals surface area contributed by atoms with Crippen molar-refractivity contribution in [3.05, 3.63) is 16.1 Å². The fourth-order valence-corrected chi connectivity index (χ4v) is 3.65. The third kappa shape index (κ3) is 3.34. The molecule has 2 aliphatic rings. The van der Waals surface area contributed by atoms with Crippen LogP contribution in [0.15, 0.2) is 5.38 Å². The zero-order valence-electron chi connectivity index (χ0n) is 11.3. The second-order valence-corrected chi connectivity index (χ2v) is 6.60. The van der Waals surface area contributed by atoms with Gasteiger partial charge in [0.05, 0.1) is 6.04 Å². The summed E-state index contributed by atoms with van der Waals surface area (Å²) < 4.78 is 0. The smallest absolute Gasteiger partial charge is 0.222 e. The minimum absolute atomic E-state index is 0.146. The largest absolute Gasteiger partial charge is 0.347 e. The molecule has 1 aromatic rings. The molecule has 5 heteroatoms. The Morgan fingerprint density at radius 1 is 1.58 bits per heavy atom. The van der Waals surface area contributed by atoms with Gasteiger partial charge in [-0.25, -0.2) is 4.98 Å². The molecule has 104 valence electrons.